The molecule has 0 N–H and O–H groups in total. The highest BCUT2D eigenvalue weighted by molar-refractivity contribution is 5.24. The normalized spacial score (nSPS) is 44.0. The zero-order valence-electron chi connectivity index (χ0n) is 70.8. The first-order valence-corrected chi connectivity index (χ1v) is 42.3. The fourth-order valence-corrected chi connectivity index (χ4v) is 20.4. The van der Waals surface area contributed by atoms with Crippen LogP contribution in [-0.2, 0) is 133 Å². The number of hydrogen-bond acceptors (Lipinski definition) is 28. The first kappa shape index (κ1) is 89.1. The maximum Gasteiger partial charge on any atom is 0.187 e. The Balaban J connectivity index is 0.846. The number of methoxy groups -OCH3 is 14. The van der Waals surface area contributed by atoms with Gasteiger partial charge in [0.05, 0.1) is 42.7 Å². The molecule has 14 bridgehead atoms. The van der Waals surface area contributed by atoms with Gasteiger partial charge in [-0.1, -0.05) is 170 Å². The lowest BCUT2D eigenvalue weighted by Gasteiger charge is -2.53. The van der Waals surface area contributed by atoms with E-state index in [1.807, 2.05) is 85.1 Å². The summed E-state index contributed by atoms with van der Waals surface area (Å²) in [5, 5.41) is 0. The van der Waals surface area contributed by atoms with Crippen molar-refractivity contribution in [1.82, 2.24) is 0 Å². The smallest absolute Gasteiger partial charge is 0.187 e. The van der Waals surface area contributed by atoms with Crippen molar-refractivity contribution < 1.29 is 133 Å². The topological polar surface area (TPSA) is 258 Å². The van der Waals surface area contributed by atoms with E-state index in [1.165, 1.54) is 0 Å². The van der Waals surface area contributed by atoms with Gasteiger partial charge in [-0.3, -0.25) is 0 Å². The number of allylic oxidation sites excluding steroid dienone is 28. The summed E-state index contributed by atoms with van der Waals surface area (Å²) < 4.78 is 198. The standard InChI is InChI=1S/C91H126O28/c1-92-71-64-57(43-50-29-15-16-30-50)106-85(78(71)99-8)114-65-58(44-51-31-17-18-32-51)108-87(80(101-10)72(65)93-2)116-67-60(46-53-35-21-22-36-53)110-89(82(103-12)74(67)95-4)118-69-62(48-55-39-25-26-40-55)112-91(84(105-14)76(69)97-6)119-70-63(49-56-41-27-28-42-56)111-90(83(104-13)77(70)98-7)117-68-61(47-54-37-23-24-38-54)109-88(81(102-11)75(68)96-5)115-66-59(45-52-33-19-20-34-52)107-86(113-64)79(100-9)73(66)94-3/h15-42,50-91H,43-49H2,1-14H3/t57-,58-,59-,60-,61-,62-,63-,64-,65-,66-,67-,68-,69-,70-,71+,72+,73+,74+,75+,76+,77+,78-,79-,80-,81-,82-,83-,84?,85-,86-,87-,88-,89-,90-,91-/m1/s1. The Morgan fingerprint density at radius 1 is 0.143 bits per heavy atom. The van der Waals surface area contributed by atoms with Gasteiger partial charge in [0.1, 0.15) is 128 Å². The van der Waals surface area contributed by atoms with E-state index in [-0.39, 0.29) is 41.4 Å². The Morgan fingerprint density at radius 2 is 0.244 bits per heavy atom. The van der Waals surface area contributed by atoms with Crippen LogP contribution >= 0.6 is 0 Å². The quantitative estimate of drug-likeness (QED) is 0.0708. The zero-order chi connectivity index (χ0) is 82.8. The minimum atomic E-state index is -1.13. The lowest BCUT2D eigenvalue weighted by Crippen LogP contribution is -2.68. The van der Waals surface area contributed by atoms with E-state index in [4.69, 9.17) is 133 Å². The van der Waals surface area contributed by atoms with Gasteiger partial charge in [-0.05, 0) is 86.4 Å². The van der Waals surface area contributed by atoms with Crippen LogP contribution in [0.2, 0.25) is 0 Å². The molecule has 0 aromatic heterocycles. The molecular formula is C91H126O28. The molecule has 0 aromatic carbocycles. The molecule has 1 unspecified atom stereocenters. The van der Waals surface area contributed by atoms with Gasteiger partial charge in [0.2, 0.25) is 0 Å². The lowest BCUT2D eigenvalue weighted by atomic mass is 9.89. The average Bonchev–Trinajstić information content (AvgIpc) is 1.04. The monoisotopic (exact) mass is 1670 g/mol. The molecule has 0 saturated carbocycles. The van der Waals surface area contributed by atoms with Crippen molar-refractivity contribution in [2.24, 2.45) is 41.4 Å². The summed E-state index contributed by atoms with van der Waals surface area (Å²) in [6.45, 7) is 0. The summed E-state index contributed by atoms with van der Waals surface area (Å²) in [7, 11) is 22.6. The molecule has 22 aliphatic rings. The number of ether oxygens (including phenoxy) is 28. The molecule has 0 aromatic rings. The number of fused-ring (bicyclic) bond motifs is 7. The molecule has 15 heterocycles. The molecule has 7 aliphatic carbocycles. The number of hydrogen-bond donors (Lipinski definition) is 0. The van der Waals surface area contributed by atoms with Crippen LogP contribution in [0, 0.1) is 41.4 Å². The Kier molecular flexibility index (Phi) is 31.5. The molecule has 15 fully saturated rings. The molecule has 0 amide bonds. The second-order valence-corrected chi connectivity index (χ2v) is 33.0. The molecule has 15 saturated heterocycles. The molecule has 28 heteroatoms. The molecule has 28 nitrogen and oxygen atoms in total. The summed E-state index contributed by atoms with van der Waals surface area (Å²) in [5.41, 5.74) is 0. The molecular weight excluding hydrogens is 1540 g/mol. The molecule has 658 valence electrons. The Labute approximate surface area is 700 Å². The first-order chi connectivity index (χ1) is 58.3. The third kappa shape index (κ3) is 19.5. The van der Waals surface area contributed by atoms with Gasteiger partial charge in [0.25, 0.3) is 0 Å². The minimum absolute atomic E-state index is 0.0760. The largest absolute Gasteiger partial charge is 0.376 e. The van der Waals surface area contributed by atoms with Gasteiger partial charge < -0.3 is 133 Å². The molecule has 0 spiro atoms. The molecule has 15 aliphatic heterocycles. The van der Waals surface area contributed by atoms with Gasteiger partial charge >= 0.3 is 0 Å². The molecule has 22 rings (SSSR count). The summed E-state index contributed by atoms with van der Waals surface area (Å²) >= 11 is 0. The van der Waals surface area contributed by atoms with Crippen LogP contribution in [0.3, 0.4) is 0 Å². The Hall–Kier alpha value is -4.76. The second-order valence-electron chi connectivity index (χ2n) is 33.0. The van der Waals surface area contributed by atoms with Crippen LogP contribution in [0.15, 0.2) is 170 Å². The summed E-state index contributed by atoms with van der Waals surface area (Å²) in [5.74, 6) is -0.532. The first-order valence-electron chi connectivity index (χ1n) is 42.3. The average molecular weight is 1670 g/mol. The van der Waals surface area contributed by atoms with Crippen molar-refractivity contribution in [2.75, 3.05) is 99.5 Å². The van der Waals surface area contributed by atoms with Crippen LogP contribution in [0.5, 0.6) is 0 Å². The number of rotatable bonds is 28. The van der Waals surface area contributed by atoms with Gasteiger partial charge in [0, 0.05) is 99.5 Å². The maximum absolute atomic E-state index is 7.52. The third-order valence-electron chi connectivity index (χ3n) is 26.3. The maximum atomic E-state index is 7.52. The summed E-state index contributed by atoms with van der Waals surface area (Å²) in [4.78, 5) is 0. The van der Waals surface area contributed by atoms with E-state index < -0.39 is 215 Å². The second kappa shape index (κ2) is 42.0. The predicted molar refractivity (Wildman–Crippen MR) is 431 cm³/mol. The summed E-state index contributed by atoms with van der Waals surface area (Å²) in [6.07, 6.45) is 28.8. The van der Waals surface area contributed by atoms with Gasteiger partial charge in [-0.15, -0.1) is 0 Å². The minimum Gasteiger partial charge on any atom is -0.376 e. The van der Waals surface area contributed by atoms with Crippen molar-refractivity contribution in [3.8, 4) is 0 Å². The Morgan fingerprint density at radius 3 is 0.336 bits per heavy atom. The fraction of sp³-hybridized carbons (Fsp3) is 0.692. The van der Waals surface area contributed by atoms with E-state index in [9.17, 15) is 0 Å². The third-order valence-corrected chi connectivity index (χ3v) is 26.3. The van der Waals surface area contributed by atoms with Crippen LogP contribution in [-0.4, -0.2) is 314 Å². The molecule has 35 atom stereocenters. The van der Waals surface area contributed by atoms with Crippen molar-refractivity contribution in [3.63, 3.8) is 0 Å². The van der Waals surface area contributed by atoms with Crippen molar-refractivity contribution >= 4 is 0 Å². The van der Waals surface area contributed by atoms with E-state index in [1.54, 1.807) is 99.5 Å². The van der Waals surface area contributed by atoms with Crippen LogP contribution in [0.1, 0.15) is 44.9 Å². The highest BCUT2D eigenvalue weighted by Gasteiger charge is 2.63. The van der Waals surface area contributed by atoms with Crippen molar-refractivity contribution in [3.05, 3.63) is 170 Å². The fourth-order valence-electron chi connectivity index (χ4n) is 20.4. The van der Waals surface area contributed by atoms with Gasteiger partial charge in [-0.25, -0.2) is 0 Å². The predicted octanol–water partition coefficient (Wildman–Crippen LogP) is 8.91. The highest BCUT2D eigenvalue weighted by Crippen LogP contribution is 2.47. The molecule has 119 heavy (non-hydrogen) atoms. The lowest BCUT2D eigenvalue weighted by molar-refractivity contribution is -0.400. The Bertz CT molecular complexity index is 2930. The van der Waals surface area contributed by atoms with Crippen LogP contribution < -0.4 is 0 Å². The van der Waals surface area contributed by atoms with E-state index >= 15 is 0 Å². The van der Waals surface area contributed by atoms with Gasteiger partial charge in [0.15, 0.2) is 44.0 Å². The van der Waals surface area contributed by atoms with Gasteiger partial charge in [-0.2, -0.15) is 0 Å². The van der Waals surface area contributed by atoms with Crippen molar-refractivity contribution in [2.45, 2.75) is 260 Å². The highest BCUT2D eigenvalue weighted by atomic mass is 16.8. The van der Waals surface area contributed by atoms with Crippen LogP contribution in [0.4, 0.5) is 0 Å². The van der Waals surface area contributed by atoms with E-state index in [2.05, 4.69) is 85.1 Å². The van der Waals surface area contributed by atoms with Crippen molar-refractivity contribution in [1.29, 1.82) is 0 Å². The zero-order valence-corrected chi connectivity index (χ0v) is 70.8. The van der Waals surface area contributed by atoms with Crippen LogP contribution in [0.25, 0.3) is 0 Å². The van der Waals surface area contributed by atoms with E-state index in [0.29, 0.717) is 44.9 Å². The molecule has 0 radical (unpaired) electrons. The summed E-state index contributed by atoms with van der Waals surface area (Å²) in [6, 6.07) is 0. The van der Waals surface area contributed by atoms with E-state index in [0.717, 1.165) is 0 Å². The SMILES string of the molecule is COC1[C@H]2O[C@H]3[C@H](OC)[C@@H](OC)[C@@H](O[C@H]4[C@H](OC)[C@@H](OC)[C@@H](O[C@H]5[C@H](OC)[C@@H](OC)[C@@H](O[C@H]6[C@H](OC)[C@@H](OC)[C@@H](O[C@H]7[C@H](OC)[C@@H](OC)[C@@H](O[C@H]8[C@H](OC)[C@@H](OC)[C@@H](O[C@@H]([C@@H]1OC)[C@@H](CC1C=CC=C1)O2)O[C@@H]8CC1C=CC=C1)O[C@@H]7CC1C=CC=C1)O[C@@H]6CC1C=CC=C1)O[C@@H]5CC1C=CC=C1)O[C@@H]4CC1C=CC=C1)O[C@@H]3CC1C=CC=C1.